The van der Waals surface area contributed by atoms with Crippen molar-refractivity contribution in [2.24, 2.45) is 5.73 Å². The largest absolute Gasteiger partial charge is 0.491 e. The SMILES string of the molecule is COCC(O)COc1ccc2c(c1)CCC2N. The molecule has 1 aliphatic rings. The van der Waals surface area contributed by atoms with Crippen molar-refractivity contribution < 1.29 is 14.6 Å². The standard InChI is InChI=1S/C13H19NO3/c1-16-7-10(15)8-17-11-3-4-12-9(6-11)2-5-13(12)14/h3-4,6,10,13,15H,2,5,7-8,14H2,1H3. The first-order valence-corrected chi connectivity index (χ1v) is 5.89. The summed E-state index contributed by atoms with van der Waals surface area (Å²) in [4.78, 5) is 0. The van der Waals surface area contributed by atoms with Crippen molar-refractivity contribution in [2.45, 2.75) is 25.0 Å². The number of fused-ring (bicyclic) bond motifs is 1. The van der Waals surface area contributed by atoms with Crippen LogP contribution in [-0.4, -0.2) is 31.5 Å². The van der Waals surface area contributed by atoms with E-state index in [9.17, 15) is 5.11 Å². The molecule has 1 aromatic rings. The number of methoxy groups -OCH3 is 1. The van der Waals surface area contributed by atoms with Gasteiger partial charge in [-0.1, -0.05) is 6.07 Å². The van der Waals surface area contributed by atoms with E-state index < -0.39 is 6.10 Å². The average Bonchev–Trinajstić information content (AvgIpc) is 2.69. The number of nitrogens with two attached hydrogens (primary N) is 1. The second-order valence-electron chi connectivity index (χ2n) is 4.43. The highest BCUT2D eigenvalue weighted by atomic mass is 16.5. The van der Waals surface area contributed by atoms with E-state index in [0.717, 1.165) is 18.6 Å². The zero-order valence-corrected chi connectivity index (χ0v) is 10.1. The van der Waals surface area contributed by atoms with Gasteiger partial charge in [0.05, 0.1) is 6.61 Å². The lowest BCUT2D eigenvalue weighted by molar-refractivity contribution is 0.0325. The maximum absolute atomic E-state index is 9.48. The Hall–Kier alpha value is -1.10. The first kappa shape index (κ1) is 12.4. The number of aliphatic hydroxyl groups excluding tert-OH is 1. The molecule has 94 valence electrons. The molecule has 0 saturated carbocycles. The van der Waals surface area contributed by atoms with Gasteiger partial charge in [0.2, 0.25) is 0 Å². The van der Waals surface area contributed by atoms with Crippen LogP contribution in [0.2, 0.25) is 0 Å². The fourth-order valence-electron chi connectivity index (χ4n) is 2.15. The molecule has 0 aliphatic heterocycles. The van der Waals surface area contributed by atoms with Crippen molar-refractivity contribution in [3.63, 3.8) is 0 Å². The molecular formula is C13H19NO3. The molecule has 2 unspecified atom stereocenters. The van der Waals surface area contributed by atoms with E-state index in [4.69, 9.17) is 15.2 Å². The summed E-state index contributed by atoms with van der Waals surface area (Å²) in [7, 11) is 1.56. The van der Waals surface area contributed by atoms with E-state index >= 15 is 0 Å². The van der Waals surface area contributed by atoms with Gasteiger partial charge in [-0.3, -0.25) is 0 Å². The number of hydrogen-bond acceptors (Lipinski definition) is 4. The Labute approximate surface area is 101 Å². The first-order valence-electron chi connectivity index (χ1n) is 5.89. The zero-order valence-electron chi connectivity index (χ0n) is 10.1. The van der Waals surface area contributed by atoms with E-state index in [1.54, 1.807) is 7.11 Å². The molecule has 0 spiro atoms. The van der Waals surface area contributed by atoms with Crippen molar-refractivity contribution in [3.05, 3.63) is 29.3 Å². The van der Waals surface area contributed by atoms with Gasteiger partial charge in [-0.15, -0.1) is 0 Å². The van der Waals surface area contributed by atoms with Gasteiger partial charge in [-0.2, -0.15) is 0 Å². The topological polar surface area (TPSA) is 64.7 Å². The molecule has 1 aliphatic carbocycles. The summed E-state index contributed by atoms with van der Waals surface area (Å²) < 4.78 is 10.3. The van der Waals surface area contributed by atoms with Gasteiger partial charge in [0.15, 0.2) is 0 Å². The monoisotopic (exact) mass is 237 g/mol. The molecule has 2 atom stereocenters. The minimum Gasteiger partial charge on any atom is -0.491 e. The maximum Gasteiger partial charge on any atom is 0.119 e. The zero-order chi connectivity index (χ0) is 12.3. The van der Waals surface area contributed by atoms with Crippen molar-refractivity contribution in [1.29, 1.82) is 0 Å². The fourth-order valence-corrected chi connectivity index (χ4v) is 2.15. The summed E-state index contributed by atoms with van der Waals surface area (Å²) >= 11 is 0. The summed E-state index contributed by atoms with van der Waals surface area (Å²) in [6, 6.07) is 6.11. The van der Waals surface area contributed by atoms with Gasteiger partial charge in [-0.25, -0.2) is 0 Å². The van der Waals surface area contributed by atoms with Crippen LogP contribution >= 0.6 is 0 Å². The van der Waals surface area contributed by atoms with Crippen LogP contribution in [0.4, 0.5) is 0 Å². The summed E-state index contributed by atoms with van der Waals surface area (Å²) in [5.41, 5.74) is 8.44. The van der Waals surface area contributed by atoms with Gasteiger partial charge >= 0.3 is 0 Å². The van der Waals surface area contributed by atoms with Gasteiger partial charge in [0.1, 0.15) is 18.5 Å². The van der Waals surface area contributed by atoms with Crippen LogP contribution in [-0.2, 0) is 11.2 Å². The Kier molecular flexibility index (Phi) is 3.99. The first-order chi connectivity index (χ1) is 8.20. The maximum atomic E-state index is 9.48. The number of aliphatic hydroxyl groups is 1. The van der Waals surface area contributed by atoms with Gasteiger partial charge in [0.25, 0.3) is 0 Å². The van der Waals surface area contributed by atoms with Gasteiger partial charge in [0, 0.05) is 13.2 Å². The molecule has 0 amide bonds. The third-order valence-corrected chi connectivity index (χ3v) is 3.04. The third-order valence-electron chi connectivity index (χ3n) is 3.04. The molecule has 1 aromatic carbocycles. The Morgan fingerprint density at radius 1 is 1.47 bits per heavy atom. The minimum atomic E-state index is -0.587. The van der Waals surface area contributed by atoms with E-state index in [0.29, 0.717) is 0 Å². The smallest absolute Gasteiger partial charge is 0.119 e. The number of rotatable bonds is 5. The molecule has 2 rings (SSSR count). The van der Waals surface area contributed by atoms with Crippen LogP contribution in [0.3, 0.4) is 0 Å². The number of benzene rings is 1. The molecular weight excluding hydrogens is 218 g/mol. The van der Waals surface area contributed by atoms with Crippen molar-refractivity contribution >= 4 is 0 Å². The van der Waals surface area contributed by atoms with E-state index in [2.05, 4.69) is 0 Å². The molecule has 17 heavy (non-hydrogen) atoms. The highest BCUT2D eigenvalue weighted by Crippen LogP contribution is 2.31. The Balaban J connectivity index is 1.94. The third kappa shape index (κ3) is 2.97. The Morgan fingerprint density at radius 3 is 3.06 bits per heavy atom. The van der Waals surface area contributed by atoms with Crippen LogP contribution in [0.1, 0.15) is 23.6 Å². The van der Waals surface area contributed by atoms with Gasteiger partial charge in [-0.05, 0) is 36.1 Å². The molecule has 0 aromatic heterocycles. The summed E-state index contributed by atoms with van der Waals surface area (Å²) in [6.07, 6.45) is 1.43. The normalized spacial score (nSPS) is 20.1. The lowest BCUT2D eigenvalue weighted by Crippen LogP contribution is -2.22. The Bertz CT molecular complexity index is 381. The summed E-state index contributed by atoms with van der Waals surface area (Å²) in [5.74, 6) is 0.785. The Morgan fingerprint density at radius 2 is 2.29 bits per heavy atom. The molecule has 0 heterocycles. The highest BCUT2D eigenvalue weighted by molar-refractivity contribution is 5.40. The molecule has 0 fully saturated rings. The summed E-state index contributed by atoms with van der Waals surface area (Å²) in [5, 5.41) is 9.48. The number of aryl methyl sites for hydroxylation is 1. The van der Waals surface area contributed by atoms with Crippen molar-refractivity contribution in [2.75, 3.05) is 20.3 Å². The molecule has 3 N–H and O–H groups in total. The quantitative estimate of drug-likeness (QED) is 0.802. The van der Waals surface area contributed by atoms with Crippen LogP contribution in [0.25, 0.3) is 0 Å². The predicted octanol–water partition coefficient (Wildman–Crippen LogP) is 1.02. The number of ether oxygens (including phenoxy) is 2. The van der Waals surface area contributed by atoms with Crippen LogP contribution in [0.5, 0.6) is 5.75 Å². The molecule has 0 radical (unpaired) electrons. The second kappa shape index (κ2) is 5.49. The van der Waals surface area contributed by atoms with Crippen LogP contribution < -0.4 is 10.5 Å². The molecule has 4 nitrogen and oxygen atoms in total. The second-order valence-corrected chi connectivity index (χ2v) is 4.43. The van der Waals surface area contributed by atoms with Gasteiger partial charge < -0.3 is 20.3 Å². The van der Waals surface area contributed by atoms with Crippen LogP contribution in [0, 0.1) is 0 Å². The van der Waals surface area contributed by atoms with E-state index in [1.807, 2.05) is 18.2 Å². The van der Waals surface area contributed by atoms with E-state index in [-0.39, 0.29) is 19.3 Å². The lowest BCUT2D eigenvalue weighted by atomic mass is 10.1. The molecule has 0 bridgehead atoms. The predicted molar refractivity (Wildman–Crippen MR) is 65.1 cm³/mol. The molecule has 4 heteroatoms. The number of hydrogen-bond donors (Lipinski definition) is 2. The van der Waals surface area contributed by atoms with Crippen LogP contribution in [0.15, 0.2) is 18.2 Å². The van der Waals surface area contributed by atoms with E-state index in [1.165, 1.54) is 11.1 Å². The molecule has 0 saturated heterocycles. The minimum absolute atomic E-state index is 0.165. The highest BCUT2D eigenvalue weighted by Gasteiger charge is 2.19. The fraction of sp³-hybridized carbons (Fsp3) is 0.538. The van der Waals surface area contributed by atoms with Crippen molar-refractivity contribution in [3.8, 4) is 5.75 Å². The summed E-state index contributed by atoms with van der Waals surface area (Å²) in [6.45, 7) is 0.536. The average molecular weight is 237 g/mol. The van der Waals surface area contributed by atoms with Crippen molar-refractivity contribution in [1.82, 2.24) is 0 Å². The lowest BCUT2D eigenvalue weighted by Gasteiger charge is -2.12.